The molecule has 0 bridgehead atoms. The molecule has 0 aliphatic heterocycles. The maximum Gasteiger partial charge on any atom is 0.229 e. The van der Waals surface area contributed by atoms with Crippen LogP contribution in [0, 0.1) is 6.92 Å². The minimum atomic E-state index is 0.0375. The van der Waals surface area contributed by atoms with E-state index in [1.54, 1.807) is 7.11 Å². The third-order valence-corrected chi connectivity index (χ3v) is 4.20. The molecule has 2 aromatic carbocycles. The molecule has 1 aromatic heterocycles. The molecule has 0 spiro atoms. The summed E-state index contributed by atoms with van der Waals surface area (Å²) in [5.74, 6) is 2.12. The lowest BCUT2D eigenvalue weighted by Crippen LogP contribution is -2.14. The SMILES string of the molecule is COc1ccc(Nc2nc(C)cc(Nc3ccccc3C(C)(C)C)n2)cc1. The van der Waals surface area contributed by atoms with E-state index in [0.717, 1.165) is 28.6 Å². The van der Waals surface area contributed by atoms with Crippen molar-refractivity contribution in [1.82, 2.24) is 9.97 Å². The predicted molar refractivity (Wildman–Crippen MR) is 111 cm³/mol. The molecule has 0 aliphatic carbocycles. The number of aromatic nitrogens is 2. The van der Waals surface area contributed by atoms with Crippen LogP contribution in [0.5, 0.6) is 5.75 Å². The standard InChI is InChI=1S/C22H26N4O/c1-15-14-20(25-19-9-7-6-8-18(19)22(2,3)4)26-21(23-15)24-16-10-12-17(27-5)13-11-16/h6-14H,1-5H3,(H2,23,24,25,26). The fourth-order valence-corrected chi connectivity index (χ4v) is 2.88. The minimum absolute atomic E-state index is 0.0375. The van der Waals surface area contributed by atoms with Crippen LogP contribution in [0.3, 0.4) is 0 Å². The smallest absolute Gasteiger partial charge is 0.229 e. The maximum atomic E-state index is 5.19. The summed E-state index contributed by atoms with van der Waals surface area (Å²) in [5, 5.41) is 6.70. The molecule has 0 aliphatic rings. The molecule has 0 saturated heterocycles. The van der Waals surface area contributed by atoms with Crippen molar-refractivity contribution in [3.8, 4) is 5.75 Å². The summed E-state index contributed by atoms with van der Waals surface area (Å²) >= 11 is 0. The van der Waals surface area contributed by atoms with Gasteiger partial charge in [0, 0.05) is 23.1 Å². The number of aryl methyl sites for hydroxylation is 1. The topological polar surface area (TPSA) is 59.1 Å². The number of ether oxygens (including phenoxy) is 1. The number of hydrogen-bond acceptors (Lipinski definition) is 5. The maximum absolute atomic E-state index is 5.19. The van der Waals surface area contributed by atoms with Crippen molar-refractivity contribution in [1.29, 1.82) is 0 Å². The summed E-state index contributed by atoms with van der Waals surface area (Å²) in [6.45, 7) is 8.57. The van der Waals surface area contributed by atoms with Crippen molar-refractivity contribution < 1.29 is 4.74 Å². The van der Waals surface area contributed by atoms with Crippen LogP contribution in [0.4, 0.5) is 23.1 Å². The van der Waals surface area contributed by atoms with Crippen molar-refractivity contribution in [2.75, 3.05) is 17.7 Å². The van der Waals surface area contributed by atoms with E-state index in [1.807, 2.05) is 43.3 Å². The molecule has 5 nitrogen and oxygen atoms in total. The van der Waals surface area contributed by atoms with E-state index >= 15 is 0 Å². The van der Waals surface area contributed by atoms with Crippen LogP contribution in [0.1, 0.15) is 32.0 Å². The number of methoxy groups -OCH3 is 1. The van der Waals surface area contributed by atoms with E-state index in [0.29, 0.717) is 5.95 Å². The first-order valence-electron chi connectivity index (χ1n) is 8.98. The van der Waals surface area contributed by atoms with E-state index in [4.69, 9.17) is 4.74 Å². The van der Waals surface area contributed by atoms with Gasteiger partial charge in [-0.15, -0.1) is 0 Å². The van der Waals surface area contributed by atoms with Crippen LogP contribution in [0.2, 0.25) is 0 Å². The Hall–Kier alpha value is -3.08. The van der Waals surface area contributed by atoms with Crippen LogP contribution in [0.15, 0.2) is 54.6 Å². The van der Waals surface area contributed by atoms with Gasteiger partial charge in [-0.1, -0.05) is 39.0 Å². The van der Waals surface area contributed by atoms with Crippen LogP contribution >= 0.6 is 0 Å². The number of nitrogens with one attached hydrogen (secondary N) is 2. The summed E-state index contributed by atoms with van der Waals surface area (Å²) in [5.41, 5.74) is 4.12. The zero-order valence-electron chi connectivity index (χ0n) is 16.5. The van der Waals surface area contributed by atoms with Crippen LogP contribution in [-0.4, -0.2) is 17.1 Å². The second-order valence-electron chi connectivity index (χ2n) is 7.49. The number of rotatable bonds is 5. The van der Waals surface area contributed by atoms with Gasteiger partial charge in [0.1, 0.15) is 11.6 Å². The molecular formula is C22H26N4O. The third kappa shape index (κ3) is 4.76. The van der Waals surface area contributed by atoms with E-state index < -0.39 is 0 Å². The lowest BCUT2D eigenvalue weighted by Gasteiger charge is -2.23. The highest BCUT2D eigenvalue weighted by Gasteiger charge is 2.17. The Balaban J connectivity index is 1.86. The highest BCUT2D eigenvalue weighted by Crippen LogP contribution is 2.31. The molecule has 0 atom stereocenters. The molecule has 3 rings (SSSR count). The Kier molecular flexibility index (Phi) is 5.31. The van der Waals surface area contributed by atoms with Gasteiger partial charge in [0.2, 0.25) is 5.95 Å². The lowest BCUT2D eigenvalue weighted by atomic mass is 9.86. The fourth-order valence-electron chi connectivity index (χ4n) is 2.88. The largest absolute Gasteiger partial charge is 0.497 e. The third-order valence-electron chi connectivity index (χ3n) is 4.20. The zero-order valence-corrected chi connectivity index (χ0v) is 16.5. The van der Waals surface area contributed by atoms with Crippen LogP contribution < -0.4 is 15.4 Å². The molecule has 27 heavy (non-hydrogen) atoms. The van der Waals surface area contributed by atoms with Gasteiger partial charge < -0.3 is 15.4 Å². The Morgan fingerprint density at radius 1 is 0.889 bits per heavy atom. The Bertz CT molecular complexity index is 914. The number of hydrogen-bond donors (Lipinski definition) is 2. The first-order chi connectivity index (χ1) is 12.8. The number of benzene rings is 2. The second kappa shape index (κ2) is 7.66. The molecule has 0 saturated carbocycles. The van der Waals surface area contributed by atoms with Crippen molar-refractivity contribution in [2.24, 2.45) is 0 Å². The summed E-state index contributed by atoms with van der Waals surface area (Å²) in [7, 11) is 1.65. The van der Waals surface area contributed by atoms with Gasteiger partial charge in [0.05, 0.1) is 7.11 Å². The van der Waals surface area contributed by atoms with E-state index in [-0.39, 0.29) is 5.41 Å². The molecule has 5 heteroatoms. The van der Waals surface area contributed by atoms with Crippen molar-refractivity contribution in [3.63, 3.8) is 0 Å². The van der Waals surface area contributed by atoms with Gasteiger partial charge in [-0.2, -0.15) is 4.98 Å². The lowest BCUT2D eigenvalue weighted by molar-refractivity contribution is 0.415. The minimum Gasteiger partial charge on any atom is -0.497 e. The highest BCUT2D eigenvalue weighted by molar-refractivity contribution is 5.64. The average molecular weight is 362 g/mol. The molecule has 0 radical (unpaired) electrons. The van der Waals surface area contributed by atoms with Crippen molar-refractivity contribution >= 4 is 23.1 Å². The summed E-state index contributed by atoms with van der Waals surface area (Å²) < 4.78 is 5.19. The molecule has 0 amide bonds. The summed E-state index contributed by atoms with van der Waals surface area (Å²) in [6.07, 6.45) is 0. The first kappa shape index (κ1) is 18.7. The van der Waals surface area contributed by atoms with Gasteiger partial charge in [0.25, 0.3) is 0 Å². The number of anilines is 4. The van der Waals surface area contributed by atoms with E-state index in [9.17, 15) is 0 Å². The second-order valence-corrected chi connectivity index (χ2v) is 7.49. The molecular weight excluding hydrogens is 336 g/mol. The summed E-state index contributed by atoms with van der Waals surface area (Å²) in [4.78, 5) is 9.12. The van der Waals surface area contributed by atoms with Crippen LogP contribution in [-0.2, 0) is 5.41 Å². The number of para-hydroxylation sites is 1. The highest BCUT2D eigenvalue weighted by atomic mass is 16.5. The average Bonchev–Trinajstić information content (AvgIpc) is 2.61. The molecule has 0 fully saturated rings. The predicted octanol–water partition coefficient (Wildman–Crippen LogP) is 5.58. The zero-order chi connectivity index (χ0) is 19.4. The molecule has 140 valence electrons. The fraction of sp³-hybridized carbons (Fsp3) is 0.273. The first-order valence-corrected chi connectivity index (χ1v) is 8.98. The van der Waals surface area contributed by atoms with Gasteiger partial charge in [-0.25, -0.2) is 4.98 Å². The van der Waals surface area contributed by atoms with Gasteiger partial charge in [0.15, 0.2) is 0 Å². The van der Waals surface area contributed by atoms with E-state index in [1.165, 1.54) is 5.56 Å². The monoisotopic (exact) mass is 362 g/mol. The molecule has 1 heterocycles. The molecule has 0 unspecified atom stereocenters. The van der Waals surface area contributed by atoms with Crippen LogP contribution in [0.25, 0.3) is 0 Å². The normalized spacial score (nSPS) is 11.1. The Labute approximate surface area is 160 Å². The number of nitrogens with zero attached hydrogens (tertiary/aromatic N) is 2. The van der Waals surface area contributed by atoms with Gasteiger partial charge in [-0.3, -0.25) is 0 Å². The van der Waals surface area contributed by atoms with Gasteiger partial charge in [-0.05, 0) is 48.2 Å². The van der Waals surface area contributed by atoms with Crippen molar-refractivity contribution in [3.05, 3.63) is 65.9 Å². The Morgan fingerprint density at radius 3 is 2.26 bits per heavy atom. The van der Waals surface area contributed by atoms with E-state index in [2.05, 4.69) is 59.6 Å². The van der Waals surface area contributed by atoms with Crippen molar-refractivity contribution in [2.45, 2.75) is 33.1 Å². The quantitative estimate of drug-likeness (QED) is 0.620. The summed E-state index contributed by atoms with van der Waals surface area (Å²) in [6, 6.07) is 17.9. The molecule has 3 aromatic rings. The van der Waals surface area contributed by atoms with Gasteiger partial charge >= 0.3 is 0 Å². The molecule has 2 N–H and O–H groups in total. The Morgan fingerprint density at radius 2 is 1.59 bits per heavy atom.